The van der Waals surface area contributed by atoms with E-state index in [9.17, 15) is 4.79 Å². The number of benzene rings is 1. The van der Waals surface area contributed by atoms with Crippen LogP contribution in [-0.4, -0.2) is 35.9 Å². The van der Waals surface area contributed by atoms with Gasteiger partial charge in [-0.2, -0.15) is 0 Å². The molecule has 0 radical (unpaired) electrons. The number of hydrogen-bond acceptors (Lipinski definition) is 5. The first-order valence-corrected chi connectivity index (χ1v) is 7.79. The molecule has 0 N–H and O–H groups in total. The molecule has 1 heterocycles. The lowest BCUT2D eigenvalue weighted by atomic mass is 10.1. The van der Waals surface area contributed by atoms with Gasteiger partial charge in [0, 0.05) is 12.6 Å². The average molecular weight is 344 g/mol. The maximum absolute atomic E-state index is 12.2. The summed E-state index contributed by atoms with van der Waals surface area (Å²) in [5.41, 5.74) is 0.686. The number of methoxy groups -OCH3 is 2. The zero-order valence-electron chi connectivity index (χ0n) is 11.8. The van der Waals surface area contributed by atoms with E-state index in [0.29, 0.717) is 37.9 Å². The Morgan fingerprint density at radius 1 is 1.33 bits per heavy atom. The van der Waals surface area contributed by atoms with Crippen molar-refractivity contribution in [3.63, 3.8) is 0 Å². The topological polar surface area (TPSA) is 38.8 Å². The normalized spacial score (nSPS) is 16.8. The minimum atomic E-state index is -0.0987. The highest BCUT2D eigenvalue weighted by atomic mass is 35.5. The van der Waals surface area contributed by atoms with Crippen molar-refractivity contribution in [3.8, 4) is 11.5 Å². The third kappa shape index (κ3) is 3.17. The van der Waals surface area contributed by atoms with E-state index >= 15 is 0 Å². The van der Waals surface area contributed by atoms with Gasteiger partial charge in [-0.25, -0.2) is 0 Å². The van der Waals surface area contributed by atoms with Gasteiger partial charge < -0.3 is 9.47 Å². The van der Waals surface area contributed by atoms with Crippen molar-refractivity contribution < 1.29 is 14.3 Å². The molecule has 1 aromatic rings. The van der Waals surface area contributed by atoms with Crippen LogP contribution in [0.4, 0.5) is 0 Å². The fourth-order valence-electron chi connectivity index (χ4n) is 1.89. The molecule has 1 fully saturated rings. The van der Waals surface area contributed by atoms with Crippen molar-refractivity contribution in [1.29, 1.82) is 0 Å². The summed E-state index contributed by atoms with van der Waals surface area (Å²) in [5.74, 6) is 0.998. The van der Waals surface area contributed by atoms with Crippen molar-refractivity contribution in [2.24, 2.45) is 0 Å². The summed E-state index contributed by atoms with van der Waals surface area (Å²) >= 11 is 12.7. The van der Waals surface area contributed by atoms with E-state index < -0.39 is 0 Å². The molecule has 0 aromatic heterocycles. The highest BCUT2D eigenvalue weighted by Crippen LogP contribution is 2.37. The fraction of sp³-hybridized carbons (Fsp3) is 0.286. The molecule has 0 bridgehead atoms. The second kappa shape index (κ2) is 6.68. The number of amides is 1. The first-order valence-electron chi connectivity index (χ1n) is 6.18. The Kier molecular flexibility index (Phi) is 5.13. The van der Waals surface area contributed by atoms with Gasteiger partial charge in [-0.05, 0) is 24.6 Å². The van der Waals surface area contributed by atoms with Gasteiger partial charge in [0.1, 0.15) is 4.32 Å². The zero-order chi connectivity index (χ0) is 15.6. The Labute approximate surface area is 138 Å². The predicted molar refractivity (Wildman–Crippen MR) is 90.1 cm³/mol. The number of rotatable bonds is 4. The number of carbonyl (C=O) groups is 1. The highest BCUT2D eigenvalue weighted by molar-refractivity contribution is 8.26. The van der Waals surface area contributed by atoms with E-state index in [1.807, 2.05) is 6.92 Å². The second-order valence-electron chi connectivity index (χ2n) is 4.15. The lowest BCUT2D eigenvalue weighted by Gasteiger charge is -2.10. The van der Waals surface area contributed by atoms with Gasteiger partial charge in [-0.15, -0.1) is 0 Å². The summed E-state index contributed by atoms with van der Waals surface area (Å²) in [4.78, 5) is 14.3. The van der Waals surface area contributed by atoms with Crippen LogP contribution in [0.2, 0.25) is 5.02 Å². The van der Waals surface area contributed by atoms with Crippen molar-refractivity contribution in [1.82, 2.24) is 4.90 Å². The van der Waals surface area contributed by atoms with Crippen molar-refractivity contribution in [2.75, 3.05) is 20.8 Å². The number of hydrogen-bond donors (Lipinski definition) is 0. The molecular weight excluding hydrogens is 330 g/mol. The zero-order valence-corrected chi connectivity index (χ0v) is 14.2. The smallest absolute Gasteiger partial charge is 0.266 e. The van der Waals surface area contributed by atoms with Crippen LogP contribution < -0.4 is 9.47 Å². The maximum Gasteiger partial charge on any atom is 0.266 e. The van der Waals surface area contributed by atoms with E-state index in [2.05, 4.69) is 0 Å². The Morgan fingerprint density at radius 3 is 2.48 bits per heavy atom. The van der Waals surface area contributed by atoms with Gasteiger partial charge in [-0.1, -0.05) is 35.6 Å². The lowest BCUT2D eigenvalue weighted by Crippen LogP contribution is -2.27. The van der Waals surface area contributed by atoms with E-state index in [-0.39, 0.29) is 5.91 Å². The second-order valence-corrected chi connectivity index (χ2v) is 6.24. The molecule has 21 heavy (non-hydrogen) atoms. The number of likely N-dealkylation sites (N-methyl/N-ethyl adjacent to an activating group) is 1. The number of nitrogens with zero attached hydrogens (tertiary/aromatic N) is 1. The first-order chi connectivity index (χ1) is 10.0. The molecule has 4 nitrogen and oxygen atoms in total. The van der Waals surface area contributed by atoms with Crippen LogP contribution in [0.15, 0.2) is 17.0 Å². The van der Waals surface area contributed by atoms with Crippen LogP contribution in [0.25, 0.3) is 6.08 Å². The Morgan fingerprint density at radius 2 is 1.95 bits per heavy atom. The summed E-state index contributed by atoms with van der Waals surface area (Å²) in [6.45, 7) is 2.44. The summed E-state index contributed by atoms with van der Waals surface area (Å²) in [7, 11) is 3.09. The maximum atomic E-state index is 12.2. The number of carbonyl (C=O) groups excluding carboxylic acids is 1. The van der Waals surface area contributed by atoms with Gasteiger partial charge in [0.15, 0.2) is 11.5 Å². The van der Waals surface area contributed by atoms with Crippen LogP contribution in [0.1, 0.15) is 12.5 Å². The summed E-state index contributed by atoms with van der Waals surface area (Å²) in [6.07, 6.45) is 1.72. The first kappa shape index (κ1) is 16.1. The third-order valence-electron chi connectivity index (χ3n) is 2.98. The standard InChI is InChI=1S/C14H14ClNO3S2/c1-4-16-13(17)12(21-14(16)20)6-8-5-10(18-2)11(19-3)7-9(8)15/h5-7H,4H2,1-3H3/b12-6-. The summed E-state index contributed by atoms with van der Waals surface area (Å²) in [5, 5.41) is 0.481. The quantitative estimate of drug-likeness (QED) is 0.617. The van der Waals surface area contributed by atoms with Crippen molar-refractivity contribution in [3.05, 3.63) is 27.6 Å². The largest absolute Gasteiger partial charge is 0.493 e. The molecule has 0 unspecified atom stereocenters. The lowest BCUT2D eigenvalue weighted by molar-refractivity contribution is -0.121. The predicted octanol–water partition coefficient (Wildman–Crippen LogP) is 3.58. The molecule has 0 aliphatic carbocycles. The van der Waals surface area contributed by atoms with Gasteiger partial charge in [0.2, 0.25) is 0 Å². The van der Waals surface area contributed by atoms with Crippen LogP contribution >= 0.6 is 35.6 Å². The van der Waals surface area contributed by atoms with E-state index in [4.69, 9.17) is 33.3 Å². The molecule has 1 aliphatic heterocycles. The Hall–Kier alpha value is -1.24. The monoisotopic (exact) mass is 343 g/mol. The molecule has 2 rings (SSSR count). The molecule has 112 valence electrons. The minimum absolute atomic E-state index is 0.0987. The molecule has 1 aromatic carbocycles. The van der Waals surface area contributed by atoms with Crippen molar-refractivity contribution >= 4 is 51.9 Å². The molecule has 1 aliphatic rings. The van der Waals surface area contributed by atoms with Gasteiger partial charge in [-0.3, -0.25) is 9.69 Å². The molecular formula is C14H14ClNO3S2. The van der Waals surface area contributed by atoms with E-state index in [1.54, 1.807) is 37.3 Å². The number of halogens is 1. The minimum Gasteiger partial charge on any atom is -0.493 e. The van der Waals surface area contributed by atoms with Crippen LogP contribution in [0.5, 0.6) is 11.5 Å². The molecule has 0 spiro atoms. The molecule has 0 atom stereocenters. The van der Waals surface area contributed by atoms with Crippen LogP contribution in [-0.2, 0) is 4.79 Å². The van der Waals surface area contributed by atoms with Crippen molar-refractivity contribution in [2.45, 2.75) is 6.92 Å². The van der Waals surface area contributed by atoms with E-state index in [0.717, 1.165) is 0 Å². The Balaban J connectivity index is 2.42. The third-order valence-corrected chi connectivity index (χ3v) is 4.68. The van der Waals surface area contributed by atoms with Gasteiger partial charge >= 0.3 is 0 Å². The van der Waals surface area contributed by atoms with Gasteiger partial charge in [0.25, 0.3) is 5.91 Å². The Bertz CT molecular complexity index is 631. The summed E-state index contributed by atoms with van der Waals surface area (Å²) in [6, 6.07) is 3.40. The van der Waals surface area contributed by atoms with E-state index in [1.165, 1.54) is 11.8 Å². The van der Waals surface area contributed by atoms with Gasteiger partial charge in [0.05, 0.1) is 24.1 Å². The molecule has 1 saturated heterocycles. The average Bonchev–Trinajstić information content (AvgIpc) is 2.74. The molecule has 1 amide bonds. The SMILES string of the molecule is CCN1C(=O)/C(=C/c2cc(OC)c(OC)cc2Cl)SC1=S. The number of ether oxygens (including phenoxy) is 2. The number of thioether (sulfide) groups is 1. The van der Waals surface area contributed by atoms with Crippen LogP contribution in [0, 0.1) is 0 Å². The summed E-state index contributed by atoms with van der Waals surface area (Å²) < 4.78 is 11.0. The van der Waals surface area contributed by atoms with Crippen LogP contribution in [0.3, 0.4) is 0 Å². The fourth-order valence-corrected chi connectivity index (χ4v) is 3.48. The highest BCUT2D eigenvalue weighted by Gasteiger charge is 2.30. The molecule has 7 heteroatoms. The molecule has 0 saturated carbocycles. The number of thiocarbonyl (C=S) groups is 1.